The van der Waals surface area contributed by atoms with Gasteiger partial charge in [-0.15, -0.1) is 0 Å². The van der Waals surface area contributed by atoms with Crippen LogP contribution in [0, 0.1) is 11.3 Å². The lowest BCUT2D eigenvalue weighted by atomic mass is 9.92. The van der Waals surface area contributed by atoms with E-state index in [-0.39, 0.29) is 12.1 Å². The van der Waals surface area contributed by atoms with Crippen LogP contribution in [-0.2, 0) is 5.60 Å². The van der Waals surface area contributed by atoms with Gasteiger partial charge in [0.25, 0.3) is 5.60 Å². The summed E-state index contributed by atoms with van der Waals surface area (Å²) in [6, 6.07) is 5.03. The number of aliphatic hydroxyl groups is 1. The van der Waals surface area contributed by atoms with E-state index in [2.05, 4.69) is 5.32 Å². The fourth-order valence-electron chi connectivity index (χ4n) is 1.72. The first-order valence-corrected chi connectivity index (χ1v) is 6.11. The molecule has 0 heterocycles. The van der Waals surface area contributed by atoms with E-state index < -0.39 is 23.5 Å². The molecule has 0 fully saturated rings. The van der Waals surface area contributed by atoms with E-state index >= 15 is 0 Å². The second kappa shape index (κ2) is 6.44. The van der Waals surface area contributed by atoms with Gasteiger partial charge in [0.15, 0.2) is 0 Å². The van der Waals surface area contributed by atoms with Crippen LogP contribution in [0.1, 0.15) is 18.4 Å². The fourth-order valence-corrected chi connectivity index (χ4v) is 1.72. The Hall–Kier alpha value is -1.95. The first kappa shape index (κ1) is 18.1. The van der Waals surface area contributed by atoms with Gasteiger partial charge in [0.2, 0.25) is 0 Å². The van der Waals surface area contributed by atoms with Crippen LogP contribution in [-0.4, -0.2) is 24.0 Å². The Labute approximate surface area is 122 Å². The Kier molecular flexibility index (Phi) is 5.30. The Morgan fingerprint density at radius 3 is 1.91 bits per heavy atom. The predicted octanol–water partition coefficient (Wildman–Crippen LogP) is 3.71. The van der Waals surface area contributed by atoms with Crippen LogP contribution in [0.4, 0.5) is 32.0 Å². The van der Waals surface area contributed by atoms with E-state index in [9.17, 15) is 31.4 Å². The molecule has 0 saturated carbocycles. The molecular weight excluding hydrogens is 314 g/mol. The minimum absolute atomic E-state index is 0.271. The highest BCUT2D eigenvalue weighted by Gasteiger charge is 2.71. The smallest absolute Gasteiger partial charge is 0.385 e. The van der Waals surface area contributed by atoms with E-state index in [1.165, 1.54) is 0 Å². The van der Waals surface area contributed by atoms with Crippen LogP contribution in [0.15, 0.2) is 24.3 Å². The first-order valence-electron chi connectivity index (χ1n) is 6.11. The standard InChI is InChI=1S/C13H12F6N2O/c14-12(15,16)11(22,13(17,18)19)9-3-5-10(6-4-9)21-8-2-1-7-20/h3-6,21-22H,1-2,8H2. The van der Waals surface area contributed by atoms with Crippen molar-refractivity contribution in [2.24, 2.45) is 0 Å². The van der Waals surface area contributed by atoms with Crippen LogP contribution in [0.5, 0.6) is 0 Å². The van der Waals surface area contributed by atoms with E-state index in [4.69, 9.17) is 5.26 Å². The molecule has 0 aliphatic rings. The summed E-state index contributed by atoms with van der Waals surface area (Å²) in [4.78, 5) is 0. The van der Waals surface area contributed by atoms with Crippen molar-refractivity contribution in [3.63, 3.8) is 0 Å². The van der Waals surface area contributed by atoms with E-state index in [1.54, 1.807) is 0 Å². The van der Waals surface area contributed by atoms with Gasteiger partial charge >= 0.3 is 12.4 Å². The molecule has 0 aliphatic carbocycles. The van der Waals surface area contributed by atoms with Crippen molar-refractivity contribution in [2.45, 2.75) is 30.8 Å². The van der Waals surface area contributed by atoms with Crippen LogP contribution in [0.3, 0.4) is 0 Å². The zero-order chi connectivity index (χ0) is 17.0. The summed E-state index contributed by atoms with van der Waals surface area (Å²) < 4.78 is 75.9. The quantitative estimate of drug-likeness (QED) is 0.640. The van der Waals surface area contributed by atoms with Gasteiger partial charge in [0.1, 0.15) is 0 Å². The zero-order valence-electron chi connectivity index (χ0n) is 11.1. The van der Waals surface area contributed by atoms with Crippen molar-refractivity contribution < 1.29 is 31.4 Å². The van der Waals surface area contributed by atoms with Gasteiger partial charge < -0.3 is 10.4 Å². The molecule has 3 nitrogen and oxygen atoms in total. The van der Waals surface area contributed by atoms with Gasteiger partial charge in [-0.05, 0) is 18.6 Å². The summed E-state index contributed by atoms with van der Waals surface area (Å²) in [5.41, 5.74) is -5.94. The molecule has 22 heavy (non-hydrogen) atoms. The predicted molar refractivity (Wildman–Crippen MR) is 65.8 cm³/mol. The maximum absolute atomic E-state index is 12.7. The van der Waals surface area contributed by atoms with E-state index in [0.29, 0.717) is 25.1 Å². The van der Waals surface area contributed by atoms with Gasteiger partial charge in [-0.2, -0.15) is 31.6 Å². The van der Waals surface area contributed by atoms with Gasteiger partial charge in [-0.25, -0.2) is 0 Å². The van der Waals surface area contributed by atoms with Crippen LogP contribution in [0.25, 0.3) is 0 Å². The number of halogens is 6. The Morgan fingerprint density at radius 2 is 1.50 bits per heavy atom. The molecule has 1 rings (SSSR count). The maximum Gasteiger partial charge on any atom is 0.430 e. The van der Waals surface area contributed by atoms with Crippen molar-refractivity contribution in [3.05, 3.63) is 29.8 Å². The van der Waals surface area contributed by atoms with Gasteiger partial charge in [0, 0.05) is 24.2 Å². The maximum atomic E-state index is 12.7. The van der Waals surface area contributed by atoms with Gasteiger partial charge in [-0.1, -0.05) is 12.1 Å². The number of unbranched alkanes of at least 4 members (excludes halogenated alkanes) is 1. The molecule has 0 bridgehead atoms. The Balaban J connectivity index is 2.98. The summed E-state index contributed by atoms with van der Waals surface area (Å²) in [7, 11) is 0. The minimum Gasteiger partial charge on any atom is -0.385 e. The third kappa shape index (κ3) is 3.62. The van der Waals surface area contributed by atoms with Crippen LogP contribution in [0.2, 0.25) is 0 Å². The molecule has 0 radical (unpaired) electrons. The number of alkyl halides is 6. The average molecular weight is 326 g/mol. The molecule has 0 aromatic heterocycles. The number of hydrogen-bond acceptors (Lipinski definition) is 3. The number of nitriles is 1. The third-order valence-corrected chi connectivity index (χ3v) is 2.92. The highest BCUT2D eigenvalue weighted by atomic mass is 19.4. The molecule has 9 heteroatoms. The van der Waals surface area contributed by atoms with Crippen LogP contribution >= 0.6 is 0 Å². The van der Waals surface area contributed by atoms with Crippen LogP contribution < -0.4 is 5.32 Å². The molecule has 122 valence electrons. The van der Waals surface area contributed by atoms with Crippen molar-refractivity contribution in [2.75, 3.05) is 11.9 Å². The molecule has 0 amide bonds. The summed E-state index contributed by atoms with van der Waals surface area (Å²) in [5.74, 6) is 0. The topological polar surface area (TPSA) is 56.0 Å². The lowest BCUT2D eigenvalue weighted by Crippen LogP contribution is -2.53. The molecular formula is C13H12F6N2O. The summed E-state index contributed by atoms with van der Waals surface area (Å²) in [6.07, 6.45) is -11.0. The minimum atomic E-state index is -5.90. The molecule has 2 N–H and O–H groups in total. The van der Waals surface area contributed by atoms with E-state index in [0.717, 1.165) is 12.1 Å². The molecule has 0 saturated heterocycles. The fraction of sp³-hybridized carbons (Fsp3) is 0.462. The number of nitrogens with zero attached hydrogens (tertiary/aromatic N) is 1. The summed E-state index contributed by atoms with van der Waals surface area (Å²) in [6.45, 7) is 0.343. The summed E-state index contributed by atoms with van der Waals surface area (Å²) in [5, 5.41) is 20.2. The number of nitrogens with one attached hydrogen (secondary N) is 1. The number of rotatable bonds is 5. The molecule has 0 atom stereocenters. The molecule has 0 aliphatic heterocycles. The van der Waals surface area contributed by atoms with Crippen molar-refractivity contribution in [3.8, 4) is 6.07 Å². The monoisotopic (exact) mass is 326 g/mol. The molecule has 0 unspecified atom stereocenters. The highest BCUT2D eigenvalue weighted by molar-refractivity contribution is 5.46. The van der Waals surface area contributed by atoms with Gasteiger partial charge in [0.05, 0.1) is 6.07 Å². The average Bonchev–Trinajstić information content (AvgIpc) is 2.41. The molecule has 1 aromatic rings. The number of benzene rings is 1. The molecule has 1 aromatic carbocycles. The van der Waals surface area contributed by atoms with E-state index in [1.807, 2.05) is 6.07 Å². The SMILES string of the molecule is N#CCCCNc1ccc(C(O)(C(F)(F)F)C(F)(F)F)cc1. The number of hydrogen-bond donors (Lipinski definition) is 2. The largest absolute Gasteiger partial charge is 0.430 e. The van der Waals surface area contributed by atoms with Crippen molar-refractivity contribution >= 4 is 5.69 Å². The zero-order valence-corrected chi connectivity index (χ0v) is 11.1. The normalized spacial score (nSPS) is 12.8. The van der Waals surface area contributed by atoms with Crippen molar-refractivity contribution in [1.29, 1.82) is 5.26 Å². The lowest BCUT2D eigenvalue weighted by Gasteiger charge is -2.32. The Morgan fingerprint density at radius 1 is 1.00 bits per heavy atom. The summed E-state index contributed by atoms with van der Waals surface area (Å²) >= 11 is 0. The highest BCUT2D eigenvalue weighted by Crippen LogP contribution is 2.50. The first-order chi connectivity index (χ1) is 10.0. The van der Waals surface area contributed by atoms with Gasteiger partial charge in [-0.3, -0.25) is 0 Å². The number of anilines is 1. The lowest BCUT2D eigenvalue weighted by molar-refractivity contribution is -0.376. The molecule has 0 spiro atoms. The third-order valence-electron chi connectivity index (χ3n) is 2.92. The second-order valence-corrected chi connectivity index (χ2v) is 4.47. The second-order valence-electron chi connectivity index (χ2n) is 4.47. The Bertz CT molecular complexity index is 515. The van der Waals surface area contributed by atoms with Crippen molar-refractivity contribution in [1.82, 2.24) is 0 Å².